The SMILES string of the molecule is CCCC(CCO)CNC(=NCc1cccc(NC(C)=O)c1)NCC. The standard InChI is InChI=1S/C19H32N4O2/c1-4-7-16(10-11-24)13-21-19(20-5-2)22-14-17-8-6-9-18(12-17)23-15(3)25/h6,8-9,12,16,24H,4-5,7,10-11,13-14H2,1-3H3,(H,23,25)(H2,20,21,22). The van der Waals surface area contributed by atoms with Crippen molar-refractivity contribution in [1.29, 1.82) is 0 Å². The van der Waals surface area contributed by atoms with Gasteiger partial charge in [-0.05, 0) is 43.4 Å². The summed E-state index contributed by atoms with van der Waals surface area (Å²) in [5.41, 5.74) is 1.81. The van der Waals surface area contributed by atoms with Crippen LogP contribution in [0.3, 0.4) is 0 Å². The van der Waals surface area contributed by atoms with E-state index in [4.69, 9.17) is 5.11 Å². The highest BCUT2D eigenvalue weighted by Gasteiger charge is 2.08. The zero-order valence-corrected chi connectivity index (χ0v) is 15.6. The maximum absolute atomic E-state index is 11.2. The van der Waals surface area contributed by atoms with E-state index in [-0.39, 0.29) is 12.5 Å². The van der Waals surface area contributed by atoms with E-state index in [1.165, 1.54) is 6.92 Å². The minimum absolute atomic E-state index is 0.0819. The Kier molecular flexibility index (Phi) is 10.3. The van der Waals surface area contributed by atoms with Gasteiger partial charge in [-0.3, -0.25) is 4.79 Å². The molecule has 0 aliphatic heterocycles. The number of anilines is 1. The second-order valence-electron chi connectivity index (χ2n) is 6.12. The maximum Gasteiger partial charge on any atom is 0.221 e. The highest BCUT2D eigenvalue weighted by molar-refractivity contribution is 5.88. The van der Waals surface area contributed by atoms with E-state index in [0.29, 0.717) is 12.5 Å². The van der Waals surface area contributed by atoms with Crippen LogP contribution < -0.4 is 16.0 Å². The quantitative estimate of drug-likeness (QED) is 0.387. The molecule has 0 aromatic heterocycles. The summed E-state index contributed by atoms with van der Waals surface area (Å²) in [6, 6.07) is 7.70. The van der Waals surface area contributed by atoms with Crippen molar-refractivity contribution in [3.8, 4) is 0 Å². The number of rotatable bonds is 10. The summed E-state index contributed by atoms with van der Waals surface area (Å²) in [5, 5.41) is 18.6. The molecule has 1 unspecified atom stereocenters. The van der Waals surface area contributed by atoms with Crippen LogP contribution in [-0.4, -0.2) is 36.7 Å². The fourth-order valence-corrected chi connectivity index (χ4v) is 2.64. The Morgan fingerprint density at radius 1 is 1.24 bits per heavy atom. The van der Waals surface area contributed by atoms with Crippen LogP contribution in [0.5, 0.6) is 0 Å². The molecule has 0 saturated heterocycles. The molecule has 0 aliphatic carbocycles. The first-order valence-electron chi connectivity index (χ1n) is 9.08. The van der Waals surface area contributed by atoms with Crippen molar-refractivity contribution in [1.82, 2.24) is 10.6 Å². The number of carbonyl (C=O) groups is 1. The van der Waals surface area contributed by atoms with E-state index < -0.39 is 0 Å². The molecule has 1 atom stereocenters. The molecule has 1 rings (SSSR count). The van der Waals surface area contributed by atoms with E-state index in [2.05, 4.69) is 27.9 Å². The first-order chi connectivity index (χ1) is 12.1. The molecule has 1 aromatic rings. The van der Waals surface area contributed by atoms with Gasteiger partial charge in [0.15, 0.2) is 5.96 Å². The van der Waals surface area contributed by atoms with Crippen LogP contribution in [0.25, 0.3) is 0 Å². The lowest BCUT2D eigenvalue weighted by molar-refractivity contribution is -0.114. The first-order valence-corrected chi connectivity index (χ1v) is 9.08. The van der Waals surface area contributed by atoms with E-state index >= 15 is 0 Å². The number of aliphatic imine (C=N–C) groups is 1. The summed E-state index contributed by atoms with van der Waals surface area (Å²) in [5.74, 6) is 1.13. The number of benzene rings is 1. The first kappa shape index (κ1) is 21.0. The van der Waals surface area contributed by atoms with Gasteiger partial charge in [-0.15, -0.1) is 0 Å². The third-order valence-corrected chi connectivity index (χ3v) is 3.80. The third kappa shape index (κ3) is 9.10. The summed E-state index contributed by atoms with van der Waals surface area (Å²) < 4.78 is 0. The molecule has 0 aliphatic rings. The third-order valence-electron chi connectivity index (χ3n) is 3.80. The fourth-order valence-electron chi connectivity index (χ4n) is 2.64. The molecule has 6 nitrogen and oxygen atoms in total. The van der Waals surface area contributed by atoms with E-state index in [0.717, 1.165) is 49.6 Å². The monoisotopic (exact) mass is 348 g/mol. The second kappa shape index (κ2) is 12.3. The van der Waals surface area contributed by atoms with Gasteiger partial charge < -0.3 is 21.1 Å². The lowest BCUT2D eigenvalue weighted by Crippen LogP contribution is -2.40. The van der Waals surface area contributed by atoms with Crippen molar-refractivity contribution in [3.05, 3.63) is 29.8 Å². The molecular weight excluding hydrogens is 316 g/mol. The maximum atomic E-state index is 11.2. The molecule has 6 heteroatoms. The minimum atomic E-state index is -0.0819. The van der Waals surface area contributed by atoms with Gasteiger partial charge >= 0.3 is 0 Å². The fraction of sp³-hybridized carbons (Fsp3) is 0.579. The van der Waals surface area contributed by atoms with Gasteiger partial charge in [-0.25, -0.2) is 4.99 Å². The Morgan fingerprint density at radius 3 is 2.68 bits per heavy atom. The largest absolute Gasteiger partial charge is 0.396 e. The van der Waals surface area contributed by atoms with E-state index in [9.17, 15) is 4.79 Å². The summed E-state index contributed by atoms with van der Waals surface area (Å²) >= 11 is 0. The number of guanidine groups is 1. The molecule has 0 spiro atoms. The zero-order valence-electron chi connectivity index (χ0n) is 15.6. The van der Waals surface area contributed by atoms with Gasteiger partial charge in [-0.2, -0.15) is 0 Å². The van der Waals surface area contributed by atoms with Crippen LogP contribution in [0.15, 0.2) is 29.3 Å². The Bertz CT molecular complexity index is 540. The van der Waals surface area contributed by atoms with Gasteiger partial charge in [0.1, 0.15) is 0 Å². The topological polar surface area (TPSA) is 85.8 Å². The number of carbonyl (C=O) groups excluding carboxylic acids is 1. The molecular formula is C19H32N4O2. The van der Waals surface area contributed by atoms with Crippen molar-refractivity contribution in [2.24, 2.45) is 10.9 Å². The summed E-state index contributed by atoms with van der Waals surface area (Å²) in [6.07, 6.45) is 3.00. The van der Waals surface area contributed by atoms with Crippen molar-refractivity contribution >= 4 is 17.6 Å². The number of aliphatic hydroxyl groups is 1. The Balaban J connectivity index is 2.66. The van der Waals surface area contributed by atoms with Gasteiger partial charge in [0.25, 0.3) is 0 Å². The average Bonchev–Trinajstić information content (AvgIpc) is 2.57. The second-order valence-corrected chi connectivity index (χ2v) is 6.12. The smallest absolute Gasteiger partial charge is 0.221 e. The lowest BCUT2D eigenvalue weighted by Gasteiger charge is -2.18. The van der Waals surface area contributed by atoms with Crippen LogP contribution in [0, 0.1) is 5.92 Å². The number of nitrogens with one attached hydrogen (secondary N) is 3. The molecule has 25 heavy (non-hydrogen) atoms. The predicted octanol–water partition coefficient (Wildman–Crippen LogP) is 2.50. The highest BCUT2D eigenvalue weighted by atomic mass is 16.3. The van der Waals surface area contributed by atoms with Gasteiger partial charge in [0.05, 0.1) is 6.54 Å². The normalized spacial score (nSPS) is 12.6. The minimum Gasteiger partial charge on any atom is -0.396 e. The zero-order chi connectivity index (χ0) is 18.5. The van der Waals surface area contributed by atoms with Crippen molar-refractivity contribution in [3.63, 3.8) is 0 Å². The van der Waals surface area contributed by atoms with Crippen LogP contribution in [0.1, 0.15) is 45.6 Å². The van der Waals surface area contributed by atoms with Crippen LogP contribution in [0.4, 0.5) is 5.69 Å². The summed E-state index contributed by atoms with van der Waals surface area (Å²) in [7, 11) is 0. The van der Waals surface area contributed by atoms with Crippen LogP contribution in [0.2, 0.25) is 0 Å². The molecule has 0 heterocycles. The van der Waals surface area contributed by atoms with Gasteiger partial charge in [0, 0.05) is 32.3 Å². The number of aliphatic hydroxyl groups excluding tert-OH is 1. The van der Waals surface area contributed by atoms with Crippen LogP contribution >= 0.6 is 0 Å². The van der Waals surface area contributed by atoms with Gasteiger partial charge in [0.2, 0.25) is 5.91 Å². The average molecular weight is 348 g/mol. The summed E-state index contributed by atoms with van der Waals surface area (Å²) in [6.45, 7) is 8.02. The van der Waals surface area contributed by atoms with Crippen molar-refractivity contribution in [2.45, 2.75) is 46.6 Å². The highest BCUT2D eigenvalue weighted by Crippen LogP contribution is 2.12. The Hall–Kier alpha value is -2.08. The predicted molar refractivity (Wildman–Crippen MR) is 104 cm³/mol. The molecule has 140 valence electrons. The van der Waals surface area contributed by atoms with Crippen molar-refractivity contribution < 1.29 is 9.90 Å². The summed E-state index contributed by atoms with van der Waals surface area (Å²) in [4.78, 5) is 15.8. The van der Waals surface area contributed by atoms with E-state index in [1.54, 1.807) is 0 Å². The molecule has 0 radical (unpaired) electrons. The van der Waals surface area contributed by atoms with Crippen LogP contribution in [-0.2, 0) is 11.3 Å². The number of hydrogen-bond acceptors (Lipinski definition) is 3. The Labute approximate surface area is 151 Å². The molecule has 0 bridgehead atoms. The van der Waals surface area contributed by atoms with Crippen molar-refractivity contribution in [2.75, 3.05) is 25.0 Å². The Morgan fingerprint density at radius 2 is 2.04 bits per heavy atom. The number of hydrogen-bond donors (Lipinski definition) is 4. The number of nitrogens with zero attached hydrogens (tertiary/aromatic N) is 1. The molecule has 1 aromatic carbocycles. The molecule has 1 amide bonds. The lowest BCUT2D eigenvalue weighted by atomic mass is 10.0. The number of amides is 1. The van der Waals surface area contributed by atoms with E-state index in [1.807, 2.05) is 31.2 Å². The molecule has 0 fully saturated rings. The molecule has 4 N–H and O–H groups in total. The van der Waals surface area contributed by atoms with Gasteiger partial charge in [-0.1, -0.05) is 25.5 Å². The molecule has 0 saturated carbocycles.